The van der Waals surface area contributed by atoms with Crippen molar-refractivity contribution in [2.45, 2.75) is 26.8 Å². The van der Waals surface area contributed by atoms with Crippen LogP contribution in [0.3, 0.4) is 0 Å². The van der Waals surface area contributed by atoms with Crippen LogP contribution >= 0.6 is 23.8 Å². The van der Waals surface area contributed by atoms with Gasteiger partial charge in [0.05, 0.1) is 0 Å². The Bertz CT molecular complexity index is 482. The van der Waals surface area contributed by atoms with Crippen molar-refractivity contribution < 1.29 is 4.79 Å². The van der Waals surface area contributed by atoms with Crippen LogP contribution in [-0.2, 0) is 4.79 Å². The molecule has 0 saturated carbocycles. The van der Waals surface area contributed by atoms with E-state index in [-0.39, 0.29) is 11.3 Å². The Hall–Kier alpha value is -1.33. The van der Waals surface area contributed by atoms with Crippen molar-refractivity contribution in [3.05, 3.63) is 29.3 Å². The van der Waals surface area contributed by atoms with Gasteiger partial charge < -0.3 is 16.0 Å². The molecule has 1 unspecified atom stereocenters. The van der Waals surface area contributed by atoms with Crippen LogP contribution in [0.1, 0.15) is 20.8 Å². The van der Waals surface area contributed by atoms with Crippen LogP contribution in [0.4, 0.5) is 5.69 Å². The summed E-state index contributed by atoms with van der Waals surface area (Å²) in [6, 6.07) is 6.77. The monoisotopic (exact) mass is 313 g/mol. The molecule has 0 radical (unpaired) electrons. The van der Waals surface area contributed by atoms with Crippen LogP contribution in [0.15, 0.2) is 24.3 Å². The van der Waals surface area contributed by atoms with Crippen LogP contribution in [0.2, 0.25) is 5.02 Å². The fraction of sp³-hybridized carbons (Fsp3) is 0.429. The highest BCUT2D eigenvalue weighted by Gasteiger charge is 2.31. The summed E-state index contributed by atoms with van der Waals surface area (Å²) in [5.41, 5.74) is 0.558. The first-order valence-electron chi connectivity index (χ1n) is 6.28. The third kappa shape index (κ3) is 4.98. The molecule has 0 bridgehead atoms. The fourth-order valence-corrected chi connectivity index (χ4v) is 2.01. The summed E-state index contributed by atoms with van der Waals surface area (Å²) in [6.45, 7) is 5.93. The van der Waals surface area contributed by atoms with Gasteiger partial charge in [0.2, 0.25) is 5.91 Å². The first kappa shape index (κ1) is 16.7. The van der Waals surface area contributed by atoms with Crippen molar-refractivity contribution in [2.24, 2.45) is 5.41 Å². The highest BCUT2D eigenvalue weighted by atomic mass is 35.5. The smallest absolute Gasteiger partial charge is 0.242 e. The molecule has 1 rings (SSSR count). The van der Waals surface area contributed by atoms with Gasteiger partial charge in [-0.05, 0) is 41.9 Å². The van der Waals surface area contributed by atoms with Gasteiger partial charge in [-0.2, -0.15) is 0 Å². The number of nitrogens with one attached hydrogen (secondary N) is 3. The van der Waals surface area contributed by atoms with Gasteiger partial charge in [-0.1, -0.05) is 32.4 Å². The Balaban J connectivity index is 2.72. The number of likely N-dealkylation sites (N-methyl/N-ethyl adjacent to an activating group) is 1. The average Bonchev–Trinajstić information content (AvgIpc) is 2.36. The summed E-state index contributed by atoms with van der Waals surface area (Å²) in [7, 11) is 1.61. The lowest BCUT2D eigenvalue weighted by Crippen LogP contribution is -2.53. The number of rotatable bonds is 3. The predicted molar refractivity (Wildman–Crippen MR) is 88.1 cm³/mol. The number of anilines is 1. The summed E-state index contributed by atoms with van der Waals surface area (Å²) < 4.78 is 0. The summed E-state index contributed by atoms with van der Waals surface area (Å²) in [5, 5.41) is 9.78. The number of benzene rings is 1. The second-order valence-electron chi connectivity index (χ2n) is 5.52. The summed E-state index contributed by atoms with van der Waals surface area (Å²) in [4.78, 5) is 11.9. The normalized spacial score (nSPS) is 12.4. The number of halogens is 1. The quantitative estimate of drug-likeness (QED) is 0.751. The lowest BCUT2D eigenvalue weighted by Gasteiger charge is -2.30. The molecule has 0 heterocycles. The molecule has 0 fully saturated rings. The molecular formula is C14H20ClN3OS. The summed E-state index contributed by atoms with van der Waals surface area (Å²) in [6.07, 6.45) is 0. The zero-order chi connectivity index (χ0) is 15.3. The van der Waals surface area contributed by atoms with E-state index in [1.54, 1.807) is 19.2 Å². The first-order valence-corrected chi connectivity index (χ1v) is 7.07. The first-order chi connectivity index (χ1) is 9.24. The van der Waals surface area contributed by atoms with Gasteiger partial charge in [0.15, 0.2) is 5.11 Å². The maximum atomic E-state index is 11.9. The molecule has 0 saturated heterocycles. The number of hydrogen-bond acceptors (Lipinski definition) is 2. The molecule has 1 amide bonds. The molecule has 4 nitrogen and oxygen atoms in total. The van der Waals surface area contributed by atoms with E-state index in [4.69, 9.17) is 23.8 Å². The van der Waals surface area contributed by atoms with Crippen molar-refractivity contribution in [1.29, 1.82) is 0 Å². The van der Waals surface area contributed by atoms with Crippen LogP contribution < -0.4 is 16.0 Å². The second-order valence-corrected chi connectivity index (χ2v) is 6.36. The Morgan fingerprint density at radius 2 is 1.80 bits per heavy atom. The lowest BCUT2D eigenvalue weighted by molar-refractivity contribution is -0.124. The van der Waals surface area contributed by atoms with E-state index < -0.39 is 6.04 Å². The minimum Gasteiger partial charge on any atom is -0.357 e. The lowest BCUT2D eigenvalue weighted by atomic mass is 9.86. The van der Waals surface area contributed by atoms with E-state index in [0.717, 1.165) is 5.69 Å². The van der Waals surface area contributed by atoms with E-state index in [1.165, 1.54) is 0 Å². The van der Waals surface area contributed by atoms with Crippen LogP contribution in [0.5, 0.6) is 0 Å². The molecule has 1 aromatic rings. The maximum absolute atomic E-state index is 11.9. The minimum atomic E-state index is -0.417. The molecular weight excluding hydrogens is 294 g/mol. The molecule has 1 aromatic carbocycles. The van der Waals surface area contributed by atoms with Crippen LogP contribution in [-0.4, -0.2) is 24.1 Å². The van der Waals surface area contributed by atoms with Crippen LogP contribution in [0, 0.1) is 5.41 Å². The molecule has 0 aromatic heterocycles. The number of thiocarbonyl (C=S) groups is 1. The molecule has 1 atom stereocenters. The van der Waals surface area contributed by atoms with Crippen molar-refractivity contribution in [2.75, 3.05) is 12.4 Å². The summed E-state index contributed by atoms with van der Waals surface area (Å²) >= 11 is 11.1. The van der Waals surface area contributed by atoms with E-state index in [9.17, 15) is 4.79 Å². The van der Waals surface area contributed by atoms with Crippen molar-refractivity contribution in [1.82, 2.24) is 10.6 Å². The van der Waals surface area contributed by atoms with Crippen LogP contribution in [0.25, 0.3) is 0 Å². The van der Waals surface area contributed by atoms with Crippen molar-refractivity contribution in [3.63, 3.8) is 0 Å². The van der Waals surface area contributed by atoms with Gasteiger partial charge in [-0.25, -0.2) is 0 Å². The van der Waals surface area contributed by atoms with Crippen molar-refractivity contribution in [3.8, 4) is 0 Å². The number of carbonyl (C=O) groups is 1. The average molecular weight is 314 g/mol. The van der Waals surface area contributed by atoms with E-state index >= 15 is 0 Å². The van der Waals surface area contributed by atoms with E-state index in [0.29, 0.717) is 10.1 Å². The Morgan fingerprint density at radius 3 is 2.25 bits per heavy atom. The Kier molecular flexibility index (Phi) is 5.77. The third-order valence-corrected chi connectivity index (χ3v) is 3.22. The molecule has 20 heavy (non-hydrogen) atoms. The van der Waals surface area contributed by atoms with Gasteiger partial charge in [0.1, 0.15) is 6.04 Å². The molecule has 0 spiro atoms. The van der Waals surface area contributed by atoms with E-state index in [2.05, 4.69) is 16.0 Å². The van der Waals surface area contributed by atoms with Crippen molar-refractivity contribution >= 4 is 40.5 Å². The maximum Gasteiger partial charge on any atom is 0.242 e. The zero-order valence-electron chi connectivity index (χ0n) is 12.1. The van der Waals surface area contributed by atoms with Gasteiger partial charge >= 0.3 is 0 Å². The molecule has 0 aliphatic carbocycles. The van der Waals surface area contributed by atoms with Gasteiger partial charge in [0.25, 0.3) is 0 Å². The minimum absolute atomic E-state index is 0.0993. The molecule has 0 aliphatic heterocycles. The molecule has 110 valence electrons. The third-order valence-electron chi connectivity index (χ3n) is 2.75. The highest BCUT2D eigenvalue weighted by molar-refractivity contribution is 7.80. The topological polar surface area (TPSA) is 53.2 Å². The van der Waals surface area contributed by atoms with E-state index in [1.807, 2.05) is 32.9 Å². The summed E-state index contributed by atoms with van der Waals surface area (Å²) in [5.74, 6) is -0.0993. The van der Waals surface area contributed by atoms with Gasteiger partial charge in [-0.15, -0.1) is 0 Å². The number of amides is 1. The standard InChI is InChI=1S/C14H20ClN3OS/c1-14(2,3)11(12(19)16-4)18-13(20)17-10-7-5-9(15)6-8-10/h5-8,11H,1-4H3,(H,16,19)(H2,17,18,20). The van der Waals surface area contributed by atoms with Gasteiger partial charge in [-0.3, -0.25) is 4.79 Å². The SMILES string of the molecule is CNC(=O)C(NC(=S)Nc1ccc(Cl)cc1)C(C)(C)C. The molecule has 0 aliphatic rings. The fourth-order valence-electron chi connectivity index (χ4n) is 1.65. The van der Waals surface area contributed by atoms with Gasteiger partial charge in [0, 0.05) is 17.8 Å². The Labute approximate surface area is 130 Å². The number of carbonyl (C=O) groups excluding carboxylic acids is 1. The largest absolute Gasteiger partial charge is 0.357 e. The highest BCUT2D eigenvalue weighted by Crippen LogP contribution is 2.20. The molecule has 3 N–H and O–H groups in total. The molecule has 6 heteroatoms. The predicted octanol–water partition coefficient (Wildman–Crippen LogP) is 2.79. The zero-order valence-corrected chi connectivity index (χ0v) is 13.7. The Morgan fingerprint density at radius 1 is 1.25 bits per heavy atom. The number of hydrogen-bond donors (Lipinski definition) is 3. The second kappa shape index (κ2) is 6.90.